The van der Waals surface area contributed by atoms with Gasteiger partial charge in [0.05, 0.1) is 0 Å². The van der Waals surface area contributed by atoms with Gasteiger partial charge in [0, 0.05) is 17.0 Å². The molecule has 13 heavy (non-hydrogen) atoms. The number of halogens is 3. The minimum absolute atomic E-state index is 0.325. The number of carbonyl (C=O) groups excluding carboxylic acids is 1. The van der Waals surface area contributed by atoms with Crippen molar-refractivity contribution in [2.24, 2.45) is 0 Å². The molecule has 0 spiro atoms. The topological polar surface area (TPSA) is 29.1 Å². The van der Waals surface area contributed by atoms with Gasteiger partial charge in [0.1, 0.15) is 0 Å². The maximum atomic E-state index is 11.8. The summed E-state index contributed by atoms with van der Waals surface area (Å²) in [5.41, 5.74) is 0. The zero-order valence-electron chi connectivity index (χ0n) is 7.02. The Morgan fingerprint density at radius 2 is 2.15 bits per heavy atom. The van der Waals surface area contributed by atoms with E-state index in [2.05, 4.69) is 0 Å². The molecule has 0 aromatic heterocycles. The summed E-state index contributed by atoms with van der Waals surface area (Å²) in [6.45, 7) is 1.93. The summed E-state index contributed by atoms with van der Waals surface area (Å²) in [5, 5.41) is 2.30. The third-order valence-electron chi connectivity index (χ3n) is 1.79. The number of alkyl halides is 3. The van der Waals surface area contributed by atoms with Crippen molar-refractivity contribution in [3.8, 4) is 0 Å². The molecule has 1 fully saturated rings. The lowest BCUT2D eigenvalue weighted by Gasteiger charge is -2.12. The van der Waals surface area contributed by atoms with Crippen LogP contribution in [0.3, 0.4) is 0 Å². The SMILES string of the molecule is CC1CC(NC(=O)C(F)(F)F)CS1. The van der Waals surface area contributed by atoms with Crippen molar-refractivity contribution in [3.63, 3.8) is 0 Å². The first-order valence-corrected chi connectivity index (χ1v) is 4.93. The van der Waals surface area contributed by atoms with E-state index in [1.165, 1.54) is 0 Å². The summed E-state index contributed by atoms with van der Waals surface area (Å²) in [5.74, 6) is -1.25. The van der Waals surface area contributed by atoms with E-state index in [9.17, 15) is 18.0 Å². The van der Waals surface area contributed by atoms with E-state index in [1.807, 2.05) is 12.2 Å². The molecule has 0 radical (unpaired) electrons. The van der Waals surface area contributed by atoms with Crippen LogP contribution in [0.15, 0.2) is 0 Å². The quantitative estimate of drug-likeness (QED) is 0.716. The van der Waals surface area contributed by atoms with Gasteiger partial charge in [0.2, 0.25) is 0 Å². The van der Waals surface area contributed by atoms with Gasteiger partial charge in [-0.25, -0.2) is 0 Å². The van der Waals surface area contributed by atoms with Gasteiger partial charge in [0.15, 0.2) is 0 Å². The molecule has 0 saturated carbocycles. The van der Waals surface area contributed by atoms with Crippen molar-refractivity contribution in [2.45, 2.75) is 30.8 Å². The summed E-state index contributed by atoms with van der Waals surface area (Å²) in [7, 11) is 0. The van der Waals surface area contributed by atoms with Crippen LogP contribution in [-0.4, -0.2) is 29.1 Å². The molecule has 2 unspecified atom stereocenters. The van der Waals surface area contributed by atoms with Crippen molar-refractivity contribution < 1.29 is 18.0 Å². The van der Waals surface area contributed by atoms with E-state index in [0.717, 1.165) is 0 Å². The van der Waals surface area contributed by atoms with Gasteiger partial charge in [-0.05, 0) is 6.42 Å². The second-order valence-electron chi connectivity index (χ2n) is 3.05. The minimum atomic E-state index is -4.75. The first kappa shape index (κ1) is 10.7. The minimum Gasteiger partial charge on any atom is -0.345 e. The molecular weight excluding hydrogens is 203 g/mol. The lowest BCUT2D eigenvalue weighted by Crippen LogP contribution is -2.43. The molecule has 2 atom stereocenters. The highest BCUT2D eigenvalue weighted by Crippen LogP contribution is 2.26. The van der Waals surface area contributed by atoms with Crippen molar-refractivity contribution in [3.05, 3.63) is 0 Å². The van der Waals surface area contributed by atoms with Crippen molar-refractivity contribution >= 4 is 17.7 Å². The molecule has 0 bridgehead atoms. The monoisotopic (exact) mass is 213 g/mol. The van der Waals surface area contributed by atoms with Crippen LogP contribution in [0.1, 0.15) is 13.3 Å². The second kappa shape index (κ2) is 3.77. The van der Waals surface area contributed by atoms with Crippen LogP contribution < -0.4 is 5.32 Å². The number of hydrogen-bond acceptors (Lipinski definition) is 2. The Morgan fingerprint density at radius 1 is 1.54 bits per heavy atom. The van der Waals surface area contributed by atoms with Gasteiger partial charge in [0.25, 0.3) is 0 Å². The average Bonchev–Trinajstić information content (AvgIpc) is 2.33. The van der Waals surface area contributed by atoms with Gasteiger partial charge in [-0.1, -0.05) is 6.92 Å². The van der Waals surface area contributed by atoms with E-state index in [4.69, 9.17) is 0 Å². The van der Waals surface area contributed by atoms with Gasteiger partial charge in [-0.15, -0.1) is 0 Å². The highest BCUT2D eigenvalue weighted by Gasteiger charge is 2.40. The average molecular weight is 213 g/mol. The highest BCUT2D eigenvalue weighted by molar-refractivity contribution is 8.00. The zero-order valence-corrected chi connectivity index (χ0v) is 7.84. The maximum Gasteiger partial charge on any atom is 0.471 e. The molecule has 1 aliphatic rings. The third kappa shape index (κ3) is 3.10. The molecular formula is C7H10F3NOS. The number of thioether (sulfide) groups is 1. The van der Waals surface area contributed by atoms with Crippen molar-refractivity contribution in [1.82, 2.24) is 5.32 Å². The van der Waals surface area contributed by atoms with E-state index < -0.39 is 12.1 Å². The summed E-state index contributed by atoms with van der Waals surface area (Å²) < 4.78 is 35.3. The molecule has 1 aliphatic heterocycles. The fraction of sp³-hybridized carbons (Fsp3) is 0.857. The summed E-state index contributed by atoms with van der Waals surface area (Å²) in [6, 6.07) is -0.325. The molecule has 0 aromatic carbocycles. The molecule has 1 rings (SSSR count). The number of hydrogen-bond donors (Lipinski definition) is 1. The lowest BCUT2D eigenvalue weighted by molar-refractivity contribution is -0.174. The Bertz CT molecular complexity index is 206. The predicted molar refractivity (Wildman–Crippen MR) is 44.5 cm³/mol. The number of nitrogens with one attached hydrogen (secondary N) is 1. The Hall–Kier alpha value is -0.390. The fourth-order valence-corrected chi connectivity index (χ4v) is 2.33. The van der Waals surface area contributed by atoms with E-state index in [0.29, 0.717) is 17.4 Å². The number of carbonyl (C=O) groups is 1. The maximum absolute atomic E-state index is 11.8. The summed E-state index contributed by atoms with van der Waals surface area (Å²) in [6.07, 6.45) is -4.14. The Morgan fingerprint density at radius 3 is 2.54 bits per heavy atom. The van der Waals surface area contributed by atoms with Gasteiger partial charge in [-0.3, -0.25) is 4.79 Å². The summed E-state index contributed by atoms with van der Waals surface area (Å²) >= 11 is 1.58. The van der Waals surface area contributed by atoms with Crippen molar-refractivity contribution in [2.75, 3.05) is 5.75 Å². The van der Waals surface area contributed by atoms with Gasteiger partial charge in [-0.2, -0.15) is 24.9 Å². The molecule has 2 nitrogen and oxygen atoms in total. The Balaban J connectivity index is 2.37. The second-order valence-corrected chi connectivity index (χ2v) is 4.52. The van der Waals surface area contributed by atoms with Crippen LogP contribution in [0.2, 0.25) is 0 Å². The van der Waals surface area contributed by atoms with Gasteiger partial charge < -0.3 is 5.32 Å². The van der Waals surface area contributed by atoms with Crippen LogP contribution in [0.25, 0.3) is 0 Å². The van der Waals surface area contributed by atoms with Crippen LogP contribution in [0, 0.1) is 0 Å². The third-order valence-corrected chi connectivity index (χ3v) is 3.15. The largest absolute Gasteiger partial charge is 0.471 e. The van der Waals surface area contributed by atoms with Crippen molar-refractivity contribution in [1.29, 1.82) is 0 Å². The molecule has 0 aliphatic carbocycles. The summed E-state index contributed by atoms with van der Waals surface area (Å²) in [4.78, 5) is 10.5. The standard InChI is InChI=1S/C7H10F3NOS/c1-4-2-5(3-13-4)11-6(12)7(8,9)10/h4-5H,2-3H2,1H3,(H,11,12). The molecule has 1 amide bonds. The molecule has 1 saturated heterocycles. The number of rotatable bonds is 1. The van der Waals surface area contributed by atoms with E-state index in [-0.39, 0.29) is 6.04 Å². The lowest BCUT2D eigenvalue weighted by atomic mass is 10.2. The zero-order chi connectivity index (χ0) is 10.1. The van der Waals surface area contributed by atoms with E-state index in [1.54, 1.807) is 11.8 Å². The van der Waals surface area contributed by atoms with Crippen LogP contribution in [-0.2, 0) is 4.79 Å². The molecule has 6 heteroatoms. The Kier molecular flexibility index (Phi) is 3.10. The highest BCUT2D eigenvalue weighted by atomic mass is 32.2. The molecule has 1 heterocycles. The molecule has 0 aromatic rings. The molecule has 1 N–H and O–H groups in total. The van der Waals surface area contributed by atoms with E-state index >= 15 is 0 Å². The predicted octanol–water partition coefficient (Wildman–Crippen LogP) is 1.56. The normalized spacial score (nSPS) is 28.9. The van der Waals surface area contributed by atoms with Crippen LogP contribution >= 0.6 is 11.8 Å². The smallest absolute Gasteiger partial charge is 0.345 e. The Labute approximate surface area is 78.3 Å². The first-order valence-electron chi connectivity index (χ1n) is 3.89. The number of amides is 1. The fourth-order valence-electron chi connectivity index (χ4n) is 1.18. The molecule has 76 valence electrons. The van der Waals surface area contributed by atoms with Crippen LogP contribution in [0.4, 0.5) is 13.2 Å². The van der Waals surface area contributed by atoms with Gasteiger partial charge >= 0.3 is 12.1 Å². The van der Waals surface area contributed by atoms with Crippen LogP contribution in [0.5, 0.6) is 0 Å². The first-order chi connectivity index (χ1) is 5.89.